The topological polar surface area (TPSA) is 48.4 Å². The monoisotopic (exact) mass is 269 g/mol. The molecule has 0 aliphatic heterocycles. The van der Waals surface area contributed by atoms with Crippen LogP contribution in [0.5, 0.6) is 11.5 Å². The fraction of sp³-hybridized carbons (Fsp3) is 0.250. The van der Waals surface area contributed by atoms with Gasteiger partial charge >= 0.3 is 0 Å². The first-order valence-electron chi connectivity index (χ1n) is 6.54. The van der Waals surface area contributed by atoms with Gasteiger partial charge in [-0.1, -0.05) is 6.07 Å². The summed E-state index contributed by atoms with van der Waals surface area (Å²) in [6, 6.07) is 7.50. The van der Waals surface area contributed by atoms with Gasteiger partial charge in [-0.15, -0.1) is 0 Å². The number of ketones is 1. The highest BCUT2D eigenvalue weighted by Gasteiger charge is 2.22. The van der Waals surface area contributed by atoms with E-state index in [4.69, 9.17) is 9.47 Å². The molecule has 4 nitrogen and oxygen atoms in total. The summed E-state index contributed by atoms with van der Waals surface area (Å²) < 4.78 is 11.1. The van der Waals surface area contributed by atoms with Gasteiger partial charge in [0.25, 0.3) is 0 Å². The van der Waals surface area contributed by atoms with E-state index in [1.54, 1.807) is 25.6 Å². The number of rotatable bonds is 4. The fourth-order valence-electron chi connectivity index (χ4n) is 2.37. The molecule has 2 aromatic rings. The van der Waals surface area contributed by atoms with Gasteiger partial charge < -0.3 is 9.47 Å². The Bertz CT molecular complexity index is 638. The Hall–Kier alpha value is -2.36. The molecule has 1 aromatic carbocycles. The maximum Gasteiger partial charge on any atom is 0.163 e. The first-order valence-corrected chi connectivity index (χ1v) is 6.54. The minimum absolute atomic E-state index is 0.175. The van der Waals surface area contributed by atoms with Crippen molar-refractivity contribution in [1.82, 2.24) is 4.98 Å². The molecule has 102 valence electrons. The fourth-order valence-corrected chi connectivity index (χ4v) is 2.37. The Morgan fingerprint density at radius 2 is 2.15 bits per heavy atom. The maximum atomic E-state index is 11.8. The number of pyridine rings is 1. The largest absolute Gasteiger partial charge is 0.493 e. The molecule has 0 N–H and O–H groups in total. The van der Waals surface area contributed by atoms with Gasteiger partial charge in [-0.05, 0) is 30.2 Å². The van der Waals surface area contributed by atoms with E-state index in [-0.39, 0.29) is 5.78 Å². The van der Waals surface area contributed by atoms with Gasteiger partial charge in [0.15, 0.2) is 17.3 Å². The summed E-state index contributed by atoms with van der Waals surface area (Å²) in [5.41, 5.74) is 2.77. The highest BCUT2D eigenvalue weighted by molar-refractivity contribution is 6.01. The number of fused-ring (bicyclic) bond motifs is 1. The van der Waals surface area contributed by atoms with Gasteiger partial charge in [0.05, 0.1) is 7.11 Å². The molecule has 1 aromatic heterocycles. The van der Waals surface area contributed by atoms with Crippen LogP contribution in [0, 0.1) is 0 Å². The summed E-state index contributed by atoms with van der Waals surface area (Å²) in [5.74, 6) is 1.45. The second kappa shape index (κ2) is 5.33. The average molecular weight is 269 g/mol. The number of carbonyl (C=O) groups is 1. The molecule has 0 unspecified atom stereocenters. The SMILES string of the molecule is COc1cc2c(cc1OCc1cccnc1)C(=O)CC2. The Kier molecular flexibility index (Phi) is 3.37. The maximum absolute atomic E-state index is 11.8. The van der Waals surface area contributed by atoms with Crippen molar-refractivity contribution in [3.63, 3.8) is 0 Å². The van der Waals surface area contributed by atoms with Crippen LogP contribution < -0.4 is 9.47 Å². The van der Waals surface area contributed by atoms with Gasteiger partial charge in [-0.3, -0.25) is 9.78 Å². The highest BCUT2D eigenvalue weighted by atomic mass is 16.5. The molecule has 1 aliphatic rings. The number of hydrogen-bond acceptors (Lipinski definition) is 4. The predicted octanol–water partition coefficient (Wildman–Crippen LogP) is 2.80. The van der Waals surface area contributed by atoms with Gasteiger partial charge in [0.2, 0.25) is 0 Å². The molecule has 1 heterocycles. The van der Waals surface area contributed by atoms with Crippen LogP contribution in [-0.4, -0.2) is 17.9 Å². The summed E-state index contributed by atoms with van der Waals surface area (Å²) in [7, 11) is 1.61. The predicted molar refractivity (Wildman–Crippen MR) is 74.2 cm³/mol. The third kappa shape index (κ3) is 2.37. The molecular formula is C16H15NO3. The molecule has 1 aliphatic carbocycles. The van der Waals surface area contributed by atoms with Crippen molar-refractivity contribution < 1.29 is 14.3 Å². The van der Waals surface area contributed by atoms with Gasteiger partial charge in [0, 0.05) is 29.9 Å². The van der Waals surface area contributed by atoms with Crippen molar-refractivity contribution in [1.29, 1.82) is 0 Å². The molecule has 0 atom stereocenters. The lowest BCUT2D eigenvalue weighted by molar-refractivity contribution is 0.0994. The summed E-state index contributed by atoms with van der Waals surface area (Å²) in [6.45, 7) is 0.400. The molecule has 20 heavy (non-hydrogen) atoms. The van der Waals surface area contributed by atoms with Crippen molar-refractivity contribution >= 4 is 5.78 Å². The zero-order chi connectivity index (χ0) is 13.9. The smallest absolute Gasteiger partial charge is 0.163 e. The minimum atomic E-state index is 0.175. The standard InChI is InChI=1S/C16H15NO3/c1-19-15-7-12-4-5-14(18)13(12)8-16(15)20-10-11-3-2-6-17-9-11/h2-3,6-9H,4-5,10H2,1H3. The number of methoxy groups -OCH3 is 1. The number of aryl methyl sites for hydroxylation is 1. The van der Waals surface area contributed by atoms with E-state index < -0.39 is 0 Å². The van der Waals surface area contributed by atoms with Crippen molar-refractivity contribution in [2.45, 2.75) is 19.4 Å². The van der Waals surface area contributed by atoms with Crippen molar-refractivity contribution in [2.75, 3.05) is 7.11 Å². The average Bonchev–Trinajstić information content (AvgIpc) is 2.86. The molecule has 0 saturated carbocycles. The van der Waals surface area contributed by atoms with Crippen LogP contribution in [0.15, 0.2) is 36.7 Å². The number of nitrogens with zero attached hydrogens (tertiary/aromatic N) is 1. The van der Waals surface area contributed by atoms with Crippen LogP contribution in [0.1, 0.15) is 27.9 Å². The second-order valence-corrected chi connectivity index (χ2v) is 4.73. The molecular weight excluding hydrogens is 254 g/mol. The third-order valence-electron chi connectivity index (χ3n) is 3.43. The number of Topliss-reactive ketones (excluding diaryl/α,β-unsaturated/α-hetero) is 1. The molecule has 0 amide bonds. The molecule has 0 spiro atoms. The second-order valence-electron chi connectivity index (χ2n) is 4.73. The lowest BCUT2D eigenvalue weighted by atomic mass is 10.1. The van der Waals surface area contributed by atoms with Crippen LogP contribution in [0.25, 0.3) is 0 Å². The first-order chi connectivity index (χ1) is 9.78. The zero-order valence-electron chi connectivity index (χ0n) is 11.3. The number of hydrogen-bond donors (Lipinski definition) is 0. The summed E-state index contributed by atoms with van der Waals surface area (Å²) >= 11 is 0. The third-order valence-corrected chi connectivity index (χ3v) is 3.43. The molecule has 0 saturated heterocycles. The van der Waals surface area contributed by atoms with E-state index >= 15 is 0 Å². The number of carbonyl (C=O) groups excluding carboxylic acids is 1. The van der Waals surface area contributed by atoms with E-state index in [1.165, 1.54) is 0 Å². The molecule has 0 fully saturated rings. The van der Waals surface area contributed by atoms with Crippen molar-refractivity contribution in [3.05, 3.63) is 53.3 Å². The molecule has 0 radical (unpaired) electrons. The lowest BCUT2D eigenvalue weighted by Crippen LogP contribution is -2.00. The molecule has 3 rings (SSSR count). The van der Waals surface area contributed by atoms with Gasteiger partial charge in [-0.25, -0.2) is 0 Å². The highest BCUT2D eigenvalue weighted by Crippen LogP contribution is 2.35. The van der Waals surface area contributed by atoms with Crippen LogP contribution in [0.4, 0.5) is 0 Å². The van der Waals surface area contributed by atoms with Crippen LogP contribution >= 0.6 is 0 Å². The molecule has 0 bridgehead atoms. The van der Waals surface area contributed by atoms with E-state index in [0.29, 0.717) is 24.5 Å². The van der Waals surface area contributed by atoms with Crippen molar-refractivity contribution in [3.8, 4) is 11.5 Å². The Labute approximate surface area is 117 Å². The number of aromatic nitrogens is 1. The Morgan fingerprint density at radius 1 is 1.25 bits per heavy atom. The van der Waals surface area contributed by atoms with Crippen molar-refractivity contribution in [2.24, 2.45) is 0 Å². The molecule has 4 heteroatoms. The minimum Gasteiger partial charge on any atom is -0.493 e. The number of benzene rings is 1. The van der Waals surface area contributed by atoms with E-state index in [2.05, 4.69) is 4.98 Å². The Balaban J connectivity index is 1.85. The first kappa shape index (κ1) is 12.7. The zero-order valence-corrected chi connectivity index (χ0v) is 11.3. The van der Waals surface area contributed by atoms with E-state index in [1.807, 2.05) is 18.2 Å². The van der Waals surface area contributed by atoms with Crippen LogP contribution in [-0.2, 0) is 13.0 Å². The normalized spacial score (nSPS) is 13.2. The van der Waals surface area contributed by atoms with E-state index in [0.717, 1.165) is 23.1 Å². The summed E-state index contributed by atoms with van der Waals surface area (Å²) in [6.07, 6.45) is 4.83. The van der Waals surface area contributed by atoms with Gasteiger partial charge in [0.1, 0.15) is 6.61 Å². The van der Waals surface area contributed by atoms with Gasteiger partial charge in [-0.2, -0.15) is 0 Å². The number of ether oxygens (including phenoxy) is 2. The summed E-state index contributed by atoms with van der Waals surface area (Å²) in [5, 5.41) is 0. The van der Waals surface area contributed by atoms with Crippen LogP contribution in [0.3, 0.4) is 0 Å². The lowest BCUT2D eigenvalue weighted by Gasteiger charge is -2.12. The van der Waals surface area contributed by atoms with E-state index in [9.17, 15) is 4.79 Å². The quantitative estimate of drug-likeness (QED) is 0.856. The Morgan fingerprint density at radius 3 is 2.90 bits per heavy atom. The summed E-state index contributed by atoms with van der Waals surface area (Å²) in [4.78, 5) is 15.8. The van der Waals surface area contributed by atoms with Crippen LogP contribution in [0.2, 0.25) is 0 Å².